The summed E-state index contributed by atoms with van der Waals surface area (Å²) in [6, 6.07) is 7.84. The quantitative estimate of drug-likeness (QED) is 0.826. The van der Waals surface area contributed by atoms with Crippen molar-refractivity contribution in [3.8, 4) is 5.75 Å². The van der Waals surface area contributed by atoms with E-state index in [4.69, 9.17) is 14.9 Å². The van der Waals surface area contributed by atoms with Crippen LogP contribution >= 0.6 is 11.8 Å². The Labute approximate surface area is 104 Å². The SMILES string of the molecule is COc1ccccc1C(CN)Sc1ncco1. The fourth-order valence-electron chi connectivity index (χ4n) is 1.56. The van der Waals surface area contributed by atoms with Gasteiger partial charge < -0.3 is 14.9 Å². The van der Waals surface area contributed by atoms with Crippen LogP contribution in [0.4, 0.5) is 0 Å². The maximum absolute atomic E-state index is 5.80. The highest BCUT2D eigenvalue weighted by atomic mass is 32.2. The van der Waals surface area contributed by atoms with E-state index in [2.05, 4.69) is 4.98 Å². The predicted molar refractivity (Wildman–Crippen MR) is 67.1 cm³/mol. The lowest BCUT2D eigenvalue weighted by atomic mass is 10.1. The average molecular weight is 250 g/mol. The van der Waals surface area contributed by atoms with Crippen LogP contribution in [0.5, 0.6) is 5.75 Å². The van der Waals surface area contributed by atoms with E-state index in [9.17, 15) is 0 Å². The molecule has 1 aromatic heterocycles. The molecule has 0 saturated carbocycles. The number of hydrogen-bond donors (Lipinski definition) is 1. The van der Waals surface area contributed by atoms with Crippen LogP contribution in [0.25, 0.3) is 0 Å². The molecule has 0 bridgehead atoms. The van der Waals surface area contributed by atoms with Crippen molar-refractivity contribution in [2.75, 3.05) is 13.7 Å². The number of aromatic nitrogens is 1. The highest BCUT2D eigenvalue weighted by Crippen LogP contribution is 2.37. The number of oxazole rings is 1. The van der Waals surface area contributed by atoms with E-state index in [1.54, 1.807) is 19.6 Å². The Morgan fingerprint density at radius 3 is 2.94 bits per heavy atom. The van der Waals surface area contributed by atoms with Gasteiger partial charge in [0.15, 0.2) is 0 Å². The van der Waals surface area contributed by atoms with Crippen LogP contribution in [0.1, 0.15) is 10.8 Å². The third kappa shape index (κ3) is 2.81. The Morgan fingerprint density at radius 2 is 2.29 bits per heavy atom. The molecule has 1 heterocycles. The van der Waals surface area contributed by atoms with E-state index in [0.29, 0.717) is 11.8 Å². The molecule has 2 N–H and O–H groups in total. The molecule has 0 amide bonds. The molecule has 0 saturated heterocycles. The summed E-state index contributed by atoms with van der Waals surface area (Å²) in [7, 11) is 1.65. The van der Waals surface area contributed by atoms with Gasteiger partial charge in [-0.2, -0.15) is 0 Å². The molecular formula is C12H14N2O2S. The van der Waals surface area contributed by atoms with Crippen molar-refractivity contribution in [2.24, 2.45) is 5.73 Å². The fraction of sp³-hybridized carbons (Fsp3) is 0.250. The van der Waals surface area contributed by atoms with E-state index in [1.807, 2.05) is 24.3 Å². The summed E-state index contributed by atoms with van der Waals surface area (Å²) in [4.78, 5) is 4.08. The van der Waals surface area contributed by atoms with Crippen molar-refractivity contribution in [1.29, 1.82) is 0 Å². The fourth-order valence-corrected chi connectivity index (χ4v) is 2.46. The average Bonchev–Trinajstić information content (AvgIpc) is 2.89. The zero-order valence-electron chi connectivity index (χ0n) is 9.50. The minimum atomic E-state index is 0.0739. The van der Waals surface area contributed by atoms with Gasteiger partial charge in [0.25, 0.3) is 5.22 Å². The Hall–Kier alpha value is -1.46. The van der Waals surface area contributed by atoms with Gasteiger partial charge >= 0.3 is 0 Å². The highest BCUT2D eigenvalue weighted by Gasteiger charge is 2.17. The molecule has 0 aliphatic heterocycles. The second-order valence-electron chi connectivity index (χ2n) is 3.38. The molecule has 2 aromatic rings. The van der Waals surface area contributed by atoms with E-state index in [-0.39, 0.29) is 5.25 Å². The van der Waals surface area contributed by atoms with Gasteiger partial charge in [0.05, 0.1) is 18.6 Å². The van der Waals surface area contributed by atoms with E-state index >= 15 is 0 Å². The normalized spacial score (nSPS) is 12.4. The van der Waals surface area contributed by atoms with Gasteiger partial charge in [-0.05, 0) is 6.07 Å². The van der Waals surface area contributed by atoms with E-state index in [0.717, 1.165) is 11.3 Å². The molecule has 17 heavy (non-hydrogen) atoms. The molecule has 0 aliphatic carbocycles. The Bertz CT molecular complexity index is 459. The van der Waals surface area contributed by atoms with Crippen LogP contribution in [0.2, 0.25) is 0 Å². The molecule has 5 heteroatoms. The van der Waals surface area contributed by atoms with Crippen LogP contribution in [0, 0.1) is 0 Å². The number of ether oxygens (including phenoxy) is 1. The number of nitrogens with zero attached hydrogens (tertiary/aromatic N) is 1. The number of nitrogens with two attached hydrogens (primary N) is 1. The first-order chi connectivity index (χ1) is 8.35. The Kier molecular flexibility index (Phi) is 4.06. The maximum Gasteiger partial charge on any atom is 0.256 e. The number of hydrogen-bond acceptors (Lipinski definition) is 5. The van der Waals surface area contributed by atoms with Gasteiger partial charge in [-0.15, -0.1) is 0 Å². The minimum Gasteiger partial charge on any atom is -0.496 e. The number of rotatable bonds is 5. The van der Waals surface area contributed by atoms with Crippen LogP contribution in [-0.4, -0.2) is 18.6 Å². The molecule has 0 aliphatic rings. The highest BCUT2D eigenvalue weighted by molar-refractivity contribution is 7.99. The van der Waals surface area contributed by atoms with Crippen LogP contribution < -0.4 is 10.5 Å². The molecule has 4 nitrogen and oxygen atoms in total. The van der Waals surface area contributed by atoms with Gasteiger partial charge in [0.2, 0.25) is 0 Å². The number of para-hydroxylation sites is 1. The minimum absolute atomic E-state index is 0.0739. The van der Waals surface area contributed by atoms with Crippen molar-refractivity contribution in [1.82, 2.24) is 4.98 Å². The van der Waals surface area contributed by atoms with Crippen LogP contribution in [0.15, 0.2) is 46.4 Å². The van der Waals surface area contributed by atoms with E-state index in [1.165, 1.54) is 11.8 Å². The molecule has 1 aromatic carbocycles. The summed E-state index contributed by atoms with van der Waals surface area (Å²) in [5.41, 5.74) is 6.86. The Morgan fingerprint density at radius 1 is 1.47 bits per heavy atom. The van der Waals surface area contributed by atoms with Crippen molar-refractivity contribution in [3.05, 3.63) is 42.3 Å². The van der Waals surface area contributed by atoms with Crippen LogP contribution in [0.3, 0.4) is 0 Å². The number of benzene rings is 1. The van der Waals surface area contributed by atoms with Crippen molar-refractivity contribution in [3.63, 3.8) is 0 Å². The molecule has 1 atom stereocenters. The third-order valence-electron chi connectivity index (χ3n) is 2.35. The predicted octanol–water partition coefficient (Wildman–Crippen LogP) is 2.48. The topological polar surface area (TPSA) is 61.3 Å². The lowest BCUT2D eigenvalue weighted by molar-refractivity contribution is 0.409. The summed E-state index contributed by atoms with van der Waals surface area (Å²) < 4.78 is 10.5. The lowest BCUT2D eigenvalue weighted by Crippen LogP contribution is -2.10. The van der Waals surface area contributed by atoms with Crippen molar-refractivity contribution >= 4 is 11.8 Å². The first-order valence-corrected chi connectivity index (χ1v) is 6.12. The molecule has 90 valence electrons. The van der Waals surface area contributed by atoms with Gasteiger partial charge in [0.1, 0.15) is 12.0 Å². The van der Waals surface area contributed by atoms with Gasteiger partial charge in [-0.3, -0.25) is 0 Å². The molecule has 1 unspecified atom stereocenters. The van der Waals surface area contributed by atoms with Gasteiger partial charge in [-0.25, -0.2) is 4.98 Å². The summed E-state index contributed by atoms with van der Waals surface area (Å²) in [5, 5.41) is 0.691. The summed E-state index contributed by atoms with van der Waals surface area (Å²) in [6.07, 6.45) is 3.18. The maximum atomic E-state index is 5.80. The summed E-state index contributed by atoms with van der Waals surface area (Å²) >= 11 is 1.50. The smallest absolute Gasteiger partial charge is 0.256 e. The second-order valence-corrected chi connectivity index (χ2v) is 4.54. The van der Waals surface area contributed by atoms with E-state index < -0.39 is 0 Å². The van der Waals surface area contributed by atoms with Gasteiger partial charge in [-0.1, -0.05) is 30.0 Å². The van der Waals surface area contributed by atoms with Gasteiger partial charge in [0, 0.05) is 12.1 Å². The monoisotopic (exact) mass is 250 g/mol. The second kappa shape index (κ2) is 5.75. The Balaban J connectivity index is 2.22. The molecular weight excluding hydrogens is 236 g/mol. The van der Waals surface area contributed by atoms with Crippen LogP contribution in [-0.2, 0) is 0 Å². The zero-order valence-corrected chi connectivity index (χ0v) is 10.3. The van der Waals surface area contributed by atoms with Crippen molar-refractivity contribution < 1.29 is 9.15 Å². The molecule has 2 rings (SSSR count). The summed E-state index contributed by atoms with van der Waals surface area (Å²) in [6.45, 7) is 0.493. The van der Waals surface area contributed by atoms with Crippen molar-refractivity contribution in [2.45, 2.75) is 10.5 Å². The first kappa shape index (κ1) is 12.0. The lowest BCUT2D eigenvalue weighted by Gasteiger charge is -2.15. The molecule has 0 radical (unpaired) electrons. The number of thioether (sulfide) groups is 1. The largest absolute Gasteiger partial charge is 0.496 e. The standard InChI is InChI=1S/C12H14N2O2S/c1-15-10-5-3-2-4-9(10)11(8-13)17-12-14-6-7-16-12/h2-7,11H,8,13H2,1H3. The molecule has 0 fully saturated rings. The summed E-state index contributed by atoms with van der Waals surface area (Å²) in [5.74, 6) is 0.835. The zero-order chi connectivity index (χ0) is 12.1. The number of methoxy groups -OCH3 is 1. The first-order valence-electron chi connectivity index (χ1n) is 5.24. The third-order valence-corrected chi connectivity index (χ3v) is 3.49. The molecule has 0 spiro atoms.